The molecule has 2 atom stereocenters. The maximum absolute atomic E-state index is 12.6. The second-order valence-electron chi connectivity index (χ2n) is 7.74. The number of amides is 2. The molecule has 132 valence electrons. The van der Waals surface area contributed by atoms with Crippen LogP contribution in [0.5, 0.6) is 0 Å². The summed E-state index contributed by atoms with van der Waals surface area (Å²) in [6.45, 7) is 5.52. The molecule has 6 nitrogen and oxygen atoms in total. The van der Waals surface area contributed by atoms with Crippen molar-refractivity contribution in [3.8, 4) is 0 Å². The van der Waals surface area contributed by atoms with Crippen LogP contribution >= 0.6 is 0 Å². The molecule has 1 aliphatic heterocycles. The summed E-state index contributed by atoms with van der Waals surface area (Å²) in [4.78, 5) is 26.2. The molecule has 2 fully saturated rings. The summed E-state index contributed by atoms with van der Waals surface area (Å²) < 4.78 is 5.36. The Morgan fingerprint density at radius 2 is 1.74 bits per heavy atom. The Morgan fingerprint density at radius 1 is 1.13 bits per heavy atom. The van der Waals surface area contributed by atoms with E-state index in [2.05, 4.69) is 5.32 Å². The highest BCUT2D eigenvalue weighted by Gasteiger charge is 2.41. The van der Waals surface area contributed by atoms with Crippen molar-refractivity contribution in [1.29, 1.82) is 0 Å². The van der Waals surface area contributed by atoms with Crippen molar-refractivity contribution in [2.45, 2.75) is 89.5 Å². The number of aliphatic hydroxyl groups is 1. The van der Waals surface area contributed by atoms with Crippen LogP contribution in [0, 0.1) is 0 Å². The van der Waals surface area contributed by atoms with Gasteiger partial charge >= 0.3 is 6.09 Å². The van der Waals surface area contributed by atoms with Gasteiger partial charge in [0.15, 0.2) is 0 Å². The van der Waals surface area contributed by atoms with Gasteiger partial charge in [0.1, 0.15) is 11.6 Å². The number of carbonyl (C=O) groups is 2. The lowest BCUT2D eigenvalue weighted by Gasteiger charge is -2.28. The summed E-state index contributed by atoms with van der Waals surface area (Å²) in [7, 11) is 0. The lowest BCUT2D eigenvalue weighted by Crippen LogP contribution is -2.49. The Morgan fingerprint density at radius 3 is 2.30 bits per heavy atom. The molecule has 0 aromatic heterocycles. The fraction of sp³-hybridized carbons (Fsp3) is 0.882. The molecule has 0 spiro atoms. The zero-order chi connectivity index (χ0) is 17.0. The molecule has 2 amide bonds. The topological polar surface area (TPSA) is 78.9 Å². The minimum Gasteiger partial charge on any atom is -0.444 e. The minimum atomic E-state index is -0.674. The van der Waals surface area contributed by atoms with Crippen LogP contribution in [0.2, 0.25) is 0 Å². The Bertz CT molecular complexity index is 425. The van der Waals surface area contributed by atoms with Gasteiger partial charge in [-0.2, -0.15) is 0 Å². The molecule has 23 heavy (non-hydrogen) atoms. The van der Waals surface area contributed by atoms with Gasteiger partial charge in [0, 0.05) is 12.5 Å². The van der Waals surface area contributed by atoms with Crippen molar-refractivity contribution in [2.75, 3.05) is 6.54 Å². The Kier molecular flexibility index (Phi) is 5.89. The van der Waals surface area contributed by atoms with E-state index in [0.717, 1.165) is 25.7 Å². The number of hydrogen-bond acceptors (Lipinski definition) is 4. The molecule has 1 saturated heterocycles. The van der Waals surface area contributed by atoms with E-state index in [1.165, 1.54) is 17.7 Å². The third-order valence-electron chi connectivity index (χ3n) is 4.41. The smallest absolute Gasteiger partial charge is 0.411 e. The number of β-amino-alcohol motifs (C(OH)–C–C–N with tert-alkyl or cyclic N) is 1. The fourth-order valence-electron chi connectivity index (χ4n) is 3.31. The molecule has 0 unspecified atom stereocenters. The first-order chi connectivity index (χ1) is 10.8. The van der Waals surface area contributed by atoms with Gasteiger partial charge in [0.05, 0.1) is 12.6 Å². The summed E-state index contributed by atoms with van der Waals surface area (Å²) in [6.07, 6.45) is 5.76. The van der Waals surface area contributed by atoms with Crippen LogP contribution in [0.15, 0.2) is 0 Å². The average Bonchev–Trinajstić information content (AvgIpc) is 2.65. The van der Waals surface area contributed by atoms with E-state index < -0.39 is 23.8 Å². The first kappa shape index (κ1) is 18.0. The molecule has 1 heterocycles. The lowest BCUT2D eigenvalue weighted by molar-refractivity contribution is -0.126. The second-order valence-corrected chi connectivity index (χ2v) is 7.74. The van der Waals surface area contributed by atoms with E-state index in [9.17, 15) is 14.7 Å². The molecular weight excluding hydrogens is 296 g/mol. The highest BCUT2D eigenvalue weighted by atomic mass is 16.6. The molecule has 2 N–H and O–H groups in total. The van der Waals surface area contributed by atoms with Gasteiger partial charge in [0.25, 0.3) is 0 Å². The van der Waals surface area contributed by atoms with E-state index in [1.807, 2.05) is 0 Å². The summed E-state index contributed by atoms with van der Waals surface area (Å²) in [5.74, 6) is -0.167. The molecule has 1 saturated carbocycles. The number of ether oxygens (including phenoxy) is 1. The average molecular weight is 326 g/mol. The number of likely N-dealkylation sites (tertiary alicyclic amines) is 1. The maximum Gasteiger partial charge on any atom is 0.411 e. The predicted octanol–water partition coefficient (Wildman–Crippen LogP) is 2.20. The first-order valence-corrected chi connectivity index (χ1v) is 8.74. The highest BCUT2D eigenvalue weighted by molar-refractivity contribution is 5.86. The number of nitrogens with one attached hydrogen (secondary N) is 1. The van der Waals surface area contributed by atoms with Crippen LogP contribution in [0.25, 0.3) is 0 Å². The number of nitrogens with zero attached hydrogens (tertiary/aromatic N) is 1. The second kappa shape index (κ2) is 7.51. The molecular formula is C17H30N2O4. The van der Waals surface area contributed by atoms with E-state index in [1.54, 1.807) is 20.8 Å². The highest BCUT2D eigenvalue weighted by Crippen LogP contribution is 2.23. The minimum absolute atomic E-state index is 0.150. The Balaban J connectivity index is 1.97. The van der Waals surface area contributed by atoms with E-state index >= 15 is 0 Å². The number of carbonyl (C=O) groups excluding carboxylic acids is 2. The summed E-state index contributed by atoms with van der Waals surface area (Å²) in [6, 6.07) is -0.452. The van der Waals surface area contributed by atoms with Gasteiger partial charge in [-0.1, -0.05) is 25.7 Å². The Labute approximate surface area is 138 Å². The molecule has 1 aliphatic carbocycles. The van der Waals surface area contributed by atoms with E-state index in [4.69, 9.17) is 4.74 Å². The van der Waals surface area contributed by atoms with Crippen molar-refractivity contribution in [3.63, 3.8) is 0 Å². The van der Waals surface area contributed by atoms with Gasteiger partial charge in [-0.3, -0.25) is 9.69 Å². The molecule has 2 rings (SSSR count). The largest absolute Gasteiger partial charge is 0.444 e. The van der Waals surface area contributed by atoms with Gasteiger partial charge in [-0.25, -0.2) is 4.79 Å². The number of hydrogen-bond donors (Lipinski definition) is 2. The number of aliphatic hydroxyl groups excluding tert-OH is 1. The molecule has 0 radical (unpaired) electrons. The van der Waals surface area contributed by atoms with Crippen LogP contribution < -0.4 is 5.32 Å². The predicted molar refractivity (Wildman–Crippen MR) is 87.0 cm³/mol. The molecule has 2 aliphatic rings. The van der Waals surface area contributed by atoms with Gasteiger partial charge in [0.2, 0.25) is 5.91 Å². The molecule has 0 bridgehead atoms. The normalized spacial score (nSPS) is 26.7. The zero-order valence-corrected chi connectivity index (χ0v) is 14.5. The van der Waals surface area contributed by atoms with E-state index in [0.29, 0.717) is 0 Å². The van der Waals surface area contributed by atoms with Crippen LogP contribution in [-0.2, 0) is 9.53 Å². The van der Waals surface area contributed by atoms with Crippen LogP contribution in [0.4, 0.5) is 4.79 Å². The zero-order valence-electron chi connectivity index (χ0n) is 14.5. The summed E-state index contributed by atoms with van der Waals surface area (Å²) in [5.41, 5.74) is -0.618. The Hall–Kier alpha value is -1.30. The SMILES string of the molecule is CC(C)(C)OC(=O)N1C[C@@H](O)C[C@H]1C(=O)NC1CCCCCC1. The summed E-state index contributed by atoms with van der Waals surface area (Å²) in [5, 5.41) is 13.0. The van der Waals surface area contributed by atoms with Crippen molar-refractivity contribution in [3.05, 3.63) is 0 Å². The van der Waals surface area contributed by atoms with Crippen LogP contribution in [-0.4, -0.2) is 52.3 Å². The van der Waals surface area contributed by atoms with Gasteiger partial charge in [-0.15, -0.1) is 0 Å². The van der Waals surface area contributed by atoms with Gasteiger partial charge < -0.3 is 15.2 Å². The lowest BCUT2D eigenvalue weighted by atomic mass is 10.1. The maximum atomic E-state index is 12.6. The van der Waals surface area contributed by atoms with Crippen molar-refractivity contribution >= 4 is 12.0 Å². The molecule has 0 aromatic rings. The third kappa shape index (κ3) is 5.37. The van der Waals surface area contributed by atoms with Crippen molar-refractivity contribution in [2.24, 2.45) is 0 Å². The molecule has 6 heteroatoms. The third-order valence-corrected chi connectivity index (χ3v) is 4.41. The molecule has 0 aromatic carbocycles. The van der Waals surface area contributed by atoms with Crippen molar-refractivity contribution < 1.29 is 19.4 Å². The van der Waals surface area contributed by atoms with Crippen LogP contribution in [0.1, 0.15) is 65.7 Å². The van der Waals surface area contributed by atoms with Gasteiger partial charge in [-0.05, 0) is 33.6 Å². The standard InChI is InChI=1S/C17H30N2O4/c1-17(2,3)23-16(22)19-11-13(20)10-14(19)15(21)18-12-8-6-4-5-7-9-12/h12-14,20H,4-11H2,1-3H3,(H,18,21)/t13-,14-/m0/s1. The fourth-order valence-corrected chi connectivity index (χ4v) is 3.31. The van der Waals surface area contributed by atoms with E-state index in [-0.39, 0.29) is 24.9 Å². The monoisotopic (exact) mass is 326 g/mol. The quantitative estimate of drug-likeness (QED) is 0.763. The van der Waals surface area contributed by atoms with Crippen LogP contribution in [0.3, 0.4) is 0 Å². The number of rotatable bonds is 2. The summed E-state index contributed by atoms with van der Waals surface area (Å²) >= 11 is 0. The first-order valence-electron chi connectivity index (χ1n) is 8.74. The van der Waals surface area contributed by atoms with Crippen molar-refractivity contribution in [1.82, 2.24) is 10.2 Å².